The molecule has 0 unspecified atom stereocenters. The Hall–Kier alpha value is -2.44. The number of esters is 1. The monoisotopic (exact) mass is 626 g/mol. The van der Waals surface area contributed by atoms with Crippen LogP contribution in [0.5, 0.6) is 17.2 Å². The molecule has 7 nitrogen and oxygen atoms in total. The highest BCUT2D eigenvalue weighted by Gasteiger charge is 2.47. The van der Waals surface area contributed by atoms with Gasteiger partial charge in [-0.05, 0) is 64.1 Å². The van der Waals surface area contributed by atoms with E-state index in [9.17, 15) is 4.79 Å². The summed E-state index contributed by atoms with van der Waals surface area (Å²) >= 11 is 0. The molecule has 236 valence electrons. The molecule has 0 radical (unpaired) electrons. The van der Waals surface area contributed by atoms with Crippen LogP contribution in [0, 0.1) is 5.92 Å². The Morgan fingerprint density at radius 2 is 1.56 bits per heavy atom. The predicted molar refractivity (Wildman–Crippen MR) is 176 cm³/mol. The van der Waals surface area contributed by atoms with E-state index in [-0.39, 0.29) is 13.6 Å². The van der Waals surface area contributed by atoms with Gasteiger partial charge in [0.15, 0.2) is 19.8 Å². The molecule has 0 saturated heterocycles. The number of carbonyl (C=O) groups is 1. The highest BCUT2D eigenvalue weighted by molar-refractivity contribution is 6.77. The average Bonchev–Trinajstić information content (AvgIpc) is 3.39. The van der Waals surface area contributed by atoms with Crippen LogP contribution >= 0.6 is 0 Å². The molecule has 0 saturated carbocycles. The summed E-state index contributed by atoms with van der Waals surface area (Å²) in [5.41, 5.74) is 3.46. The molecule has 2 aromatic carbocycles. The van der Waals surface area contributed by atoms with Crippen molar-refractivity contribution in [3.63, 3.8) is 0 Å². The van der Waals surface area contributed by atoms with Crippen molar-refractivity contribution in [3.8, 4) is 17.2 Å². The first-order valence-corrected chi connectivity index (χ1v) is 21.4. The molecule has 4 rings (SSSR count). The first kappa shape index (κ1) is 33.5. The zero-order chi connectivity index (χ0) is 31.4. The lowest BCUT2D eigenvalue weighted by molar-refractivity contribution is -0.134. The van der Waals surface area contributed by atoms with Crippen molar-refractivity contribution >= 4 is 28.4 Å². The van der Waals surface area contributed by atoms with E-state index in [1.165, 1.54) is 0 Å². The number of benzene rings is 2. The SMILES string of the molecule is CC(C)[Si](OC[C@H]1C(C(=O)Oc2ccccc2)=Cc2cc3c(cc2[C@@H]1OCOCC[Si](C)(C)C)OCO3)(C(C)C)C(C)C. The first-order valence-electron chi connectivity index (χ1n) is 15.6. The van der Waals surface area contributed by atoms with E-state index in [2.05, 4.69) is 61.2 Å². The van der Waals surface area contributed by atoms with E-state index in [0.29, 0.717) is 52.7 Å². The molecule has 0 aromatic heterocycles. The predicted octanol–water partition coefficient (Wildman–Crippen LogP) is 8.60. The highest BCUT2D eigenvalue weighted by Crippen LogP contribution is 2.48. The van der Waals surface area contributed by atoms with Crippen LogP contribution in [0.25, 0.3) is 6.08 Å². The lowest BCUT2D eigenvalue weighted by Crippen LogP contribution is -2.49. The van der Waals surface area contributed by atoms with Crippen LogP contribution in [0.1, 0.15) is 58.8 Å². The molecule has 2 aromatic rings. The number of ether oxygens (including phenoxy) is 5. The molecule has 0 N–H and O–H groups in total. The third-order valence-electron chi connectivity index (χ3n) is 8.70. The molecular weight excluding hydrogens is 577 g/mol. The van der Waals surface area contributed by atoms with Gasteiger partial charge in [0.05, 0.1) is 6.10 Å². The highest BCUT2D eigenvalue weighted by atomic mass is 28.4. The van der Waals surface area contributed by atoms with Crippen molar-refractivity contribution in [2.75, 3.05) is 26.8 Å². The second kappa shape index (κ2) is 14.1. The van der Waals surface area contributed by atoms with Crippen LogP contribution < -0.4 is 14.2 Å². The van der Waals surface area contributed by atoms with Crippen LogP contribution in [0.4, 0.5) is 0 Å². The third-order valence-corrected chi connectivity index (χ3v) is 16.5. The summed E-state index contributed by atoms with van der Waals surface area (Å²) < 4.78 is 37.0. The fraction of sp³-hybridized carbons (Fsp3) is 0.559. The van der Waals surface area contributed by atoms with E-state index < -0.39 is 34.4 Å². The Balaban J connectivity index is 1.73. The number of para-hydroxylation sites is 1. The van der Waals surface area contributed by atoms with Gasteiger partial charge in [0.2, 0.25) is 6.79 Å². The number of carbonyl (C=O) groups excluding carboxylic acids is 1. The Labute approximate surface area is 260 Å². The minimum absolute atomic E-state index is 0.113. The summed E-state index contributed by atoms with van der Waals surface area (Å²) in [6.07, 6.45) is 1.41. The van der Waals surface area contributed by atoms with E-state index in [4.69, 9.17) is 28.1 Å². The van der Waals surface area contributed by atoms with Crippen LogP contribution in [0.2, 0.25) is 42.3 Å². The summed E-state index contributed by atoms with van der Waals surface area (Å²) in [5, 5.41) is 0. The molecule has 9 heteroatoms. The first-order chi connectivity index (χ1) is 20.3. The third kappa shape index (κ3) is 7.81. The van der Waals surface area contributed by atoms with E-state index in [0.717, 1.165) is 17.2 Å². The molecule has 0 spiro atoms. The van der Waals surface area contributed by atoms with Gasteiger partial charge in [-0.3, -0.25) is 0 Å². The molecule has 0 fully saturated rings. The van der Waals surface area contributed by atoms with Gasteiger partial charge >= 0.3 is 5.97 Å². The van der Waals surface area contributed by atoms with Gasteiger partial charge in [0.25, 0.3) is 0 Å². The Morgan fingerprint density at radius 3 is 2.16 bits per heavy atom. The summed E-state index contributed by atoms with van der Waals surface area (Å²) in [7, 11) is -3.51. The zero-order valence-corrected chi connectivity index (χ0v) is 29.4. The summed E-state index contributed by atoms with van der Waals surface area (Å²) in [6, 6.07) is 14.1. The summed E-state index contributed by atoms with van der Waals surface area (Å²) in [4.78, 5) is 13.9. The number of hydrogen-bond donors (Lipinski definition) is 0. The molecule has 2 atom stereocenters. The lowest BCUT2D eigenvalue weighted by Gasteiger charge is -2.44. The van der Waals surface area contributed by atoms with Gasteiger partial charge in [0, 0.05) is 32.8 Å². The zero-order valence-electron chi connectivity index (χ0n) is 27.4. The Kier molecular flexibility index (Phi) is 11.0. The Morgan fingerprint density at radius 1 is 0.930 bits per heavy atom. The van der Waals surface area contributed by atoms with E-state index >= 15 is 0 Å². The minimum atomic E-state index is -2.26. The fourth-order valence-corrected chi connectivity index (χ4v) is 12.8. The largest absolute Gasteiger partial charge is 0.454 e. The Bertz CT molecular complexity index is 1250. The van der Waals surface area contributed by atoms with Crippen LogP contribution in [0.15, 0.2) is 48.0 Å². The normalized spacial score (nSPS) is 18.3. The van der Waals surface area contributed by atoms with Crippen molar-refractivity contribution in [2.24, 2.45) is 5.92 Å². The van der Waals surface area contributed by atoms with Gasteiger partial charge in [-0.1, -0.05) is 79.4 Å². The molecule has 1 aliphatic heterocycles. The molecule has 2 aliphatic rings. The van der Waals surface area contributed by atoms with Gasteiger partial charge in [0.1, 0.15) is 12.5 Å². The minimum Gasteiger partial charge on any atom is -0.454 e. The second-order valence-electron chi connectivity index (χ2n) is 13.8. The molecule has 0 amide bonds. The van der Waals surface area contributed by atoms with Gasteiger partial charge in [-0.2, -0.15) is 0 Å². The van der Waals surface area contributed by atoms with Crippen LogP contribution in [-0.2, 0) is 18.7 Å². The maximum Gasteiger partial charge on any atom is 0.339 e. The molecule has 43 heavy (non-hydrogen) atoms. The molecule has 1 aliphatic carbocycles. The fourth-order valence-electron chi connectivity index (χ4n) is 6.54. The standard InChI is InChI=1S/C34H50O7Si2/c1-23(2)43(24(3)4,25(5)6)40-20-30-29(34(35)41-27-13-11-10-12-14-27)17-26-18-31-32(38-22-37-31)19-28(26)33(30)39-21-36-15-16-42(7,8)9/h10-14,17-19,23-25,30,33H,15-16,20-22H2,1-9H3/t30-,33-/m0/s1. The maximum absolute atomic E-state index is 13.9. The van der Waals surface area contributed by atoms with Crippen molar-refractivity contribution in [1.82, 2.24) is 0 Å². The van der Waals surface area contributed by atoms with Crippen LogP contribution in [-0.4, -0.2) is 49.2 Å². The van der Waals surface area contributed by atoms with Crippen molar-refractivity contribution < 1.29 is 32.9 Å². The quantitative estimate of drug-likeness (QED) is 0.0684. The summed E-state index contributed by atoms with van der Waals surface area (Å²) in [6.45, 7) is 21.8. The molecular formula is C34H50O7Si2. The maximum atomic E-state index is 13.9. The van der Waals surface area contributed by atoms with Crippen molar-refractivity contribution in [1.29, 1.82) is 0 Å². The van der Waals surface area contributed by atoms with Crippen LogP contribution in [0.3, 0.4) is 0 Å². The number of hydrogen-bond acceptors (Lipinski definition) is 7. The topological polar surface area (TPSA) is 72.5 Å². The van der Waals surface area contributed by atoms with Gasteiger partial charge < -0.3 is 28.1 Å². The number of fused-ring (bicyclic) bond motifs is 2. The second-order valence-corrected chi connectivity index (χ2v) is 24.9. The van der Waals surface area contributed by atoms with Gasteiger partial charge in [-0.15, -0.1) is 0 Å². The average molecular weight is 627 g/mol. The van der Waals surface area contributed by atoms with Gasteiger partial charge in [-0.25, -0.2) is 4.79 Å². The summed E-state index contributed by atoms with van der Waals surface area (Å²) in [5.74, 6) is 0.990. The van der Waals surface area contributed by atoms with E-state index in [1.54, 1.807) is 12.1 Å². The smallest absolute Gasteiger partial charge is 0.339 e. The lowest BCUT2D eigenvalue weighted by atomic mass is 9.81. The van der Waals surface area contributed by atoms with E-state index in [1.807, 2.05) is 36.4 Å². The molecule has 0 bridgehead atoms. The molecule has 1 heterocycles. The van der Waals surface area contributed by atoms with Crippen molar-refractivity contribution in [2.45, 2.75) is 90.0 Å². The number of rotatable bonds is 14. The van der Waals surface area contributed by atoms with Crippen molar-refractivity contribution in [3.05, 3.63) is 59.2 Å².